The van der Waals surface area contributed by atoms with Crippen molar-refractivity contribution in [2.75, 3.05) is 0 Å². The minimum Gasteiger partial charge on any atom is -0.282 e. The van der Waals surface area contributed by atoms with Crippen LogP contribution in [0.5, 0.6) is 0 Å². The molecule has 0 saturated carbocycles. The summed E-state index contributed by atoms with van der Waals surface area (Å²) in [6, 6.07) is 0.431. The number of benzene rings is 2. The lowest BCUT2D eigenvalue weighted by Gasteiger charge is -2.35. The molecule has 24 heteroatoms. The Morgan fingerprint density at radius 3 is 1.52 bits per heavy atom. The second kappa shape index (κ2) is 9.78. The normalized spacial score (nSPS) is 14.8. The number of hydrogen-bond donors (Lipinski definition) is 2. The third-order valence-electron chi connectivity index (χ3n) is 4.62. The summed E-state index contributed by atoms with van der Waals surface area (Å²) in [6.07, 6.45) is 0. The summed E-state index contributed by atoms with van der Waals surface area (Å²) in [5.41, 5.74) is 0. The van der Waals surface area contributed by atoms with Gasteiger partial charge in [-0.3, -0.25) is 4.55 Å². The van der Waals surface area contributed by atoms with Crippen LogP contribution in [0.4, 0.5) is 43.9 Å². The Morgan fingerprint density at radius 2 is 1.07 bits per heavy atom. The maximum absolute atomic E-state index is 14.3. The van der Waals surface area contributed by atoms with E-state index in [0.717, 1.165) is 0 Å². The smallest absolute Gasteiger partial charge is 0.282 e. The van der Waals surface area contributed by atoms with Crippen LogP contribution in [-0.4, -0.2) is 60.6 Å². The van der Waals surface area contributed by atoms with Crippen molar-refractivity contribution >= 4 is 40.0 Å². The Balaban J connectivity index is 2.68. The second-order valence-electron chi connectivity index (χ2n) is 7.27. The number of alkyl halides is 8. The summed E-state index contributed by atoms with van der Waals surface area (Å²) in [5.74, 6) is -20.3. The Kier molecular flexibility index (Phi) is 8.23. The van der Waals surface area contributed by atoms with E-state index in [9.17, 15) is 77.6 Å². The third kappa shape index (κ3) is 5.15. The van der Waals surface area contributed by atoms with E-state index in [-0.39, 0.29) is 22.3 Å². The van der Waals surface area contributed by atoms with Gasteiger partial charge in [-0.05, 0) is 24.3 Å². The van der Waals surface area contributed by atoms with E-state index in [1.54, 1.807) is 0 Å². The van der Waals surface area contributed by atoms with Gasteiger partial charge in [0.1, 0.15) is 26.3 Å². The number of halogens is 10. The molecule has 0 aliphatic carbocycles. The molecule has 2 N–H and O–H groups in total. The molecule has 2 aromatic carbocycles. The molecule has 0 amide bonds. The molecular formula is C16H9F10NO9S4. The fourth-order valence-corrected chi connectivity index (χ4v) is 8.17. The highest BCUT2D eigenvalue weighted by molar-refractivity contribution is 8.05. The lowest BCUT2D eigenvalue weighted by atomic mass is 10.2. The molecule has 0 aliphatic rings. The van der Waals surface area contributed by atoms with Crippen LogP contribution in [0.25, 0.3) is 0 Å². The van der Waals surface area contributed by atoms with Crippen LogP contribution >= 0.6 is 0 Å². The van der Waals surface area contributed by atoms with E-state index in [1.165, 1.54) is 0 Å². The van der Waals surface area contributed by atoms with Crippen molar-refractivity contribution in [2.24, 2.45) is 0 Å². The van der Waals surface area contributed by atoms with Crippen molar-refractivity contribution in [1.82, 2.24) is 4.13 Å². The van der Waals surface area contributed by atoms with Gasteiger partial charge in [0.25, 0.3) is 40.0 Å². The van der Waals surface area contributed by atoms with Crippen LogP contribution in [0.1, 0.15) is 0 Å². The zero-order valence-electron chi connectivity index (χ0n) is 18.2. The molecule has 226 valence electrons. The summed E-state index contributed by atoms with van der Waals surface area (Å²) >= 11 is 0. The SMILES string of the molecule is O=S(=O)(O)c1ccccc1S(=O)(=O)NS(=O)(=O)C(F)(F)C(F)(F)C(F)(F)C(F)(F)S(=O)(=O)c1ccc(F)cc1F. The average molecular weight is 677 g/mol. The molecule has 0 aromatic heterocycles. The zero-order valence-corrected chi connectivity index (χ0v) is 21.4. The first-order chi connectivity index (χ1) is 17.6. The molecule has 0 radical (unpaired) electrons. The molecule has 0 fully saturated rings. The standard InChI is InChI=1S/C16H9F10NO9S4/c17-8-5-6-10(9(18)7-8)37(28,29)15(23,24)13(19,20)14(21,22)16(25,26)40(35,36)27-38(30,31)11-3-1-2-4-12(11)39(32,33)34/h1-7,27H,(H,32,33,34). The quantitative estimate of drug-likeness (QED) is 0.218. The van der Waals surface area contributed by atoms with Crippen molar-refractivity contribution in [3.05, 3.63) is 54.1 Å². The van der Waals surface area contributed by atoms with E-state index in [1.807, 2.05) is 0 Å². The van der Waals surface area contributed by atoms with Crippen molar-refractivity contribution in [3.63, 3.8) is 0 Å². The van der Waals surface area contributed by atoms with Crippen LogP contribution in [0.2, 0.25) is 0 Å². The Hall–Kier alpha value is -2.54. The predicted octanol–water partition coefficient (Wildman–Crippen LogP) is 2.75. The Bertz CT molecular complexity index is 1780. The van der Waals surface area contributed by atoms with Gasteiger partial charge in [-0.2, -0.15) is 43.5 Å². The third-order valence-corrected chi connectivity index (χ3v) is 11.1. The fourth-order valence-electron chi connectivity index (χ4n) is 2.66. The van der Waals surface area contributed by atoms with Gasteiger partial charge in [0, 0.05) is 6.07 Å². The van der Waals surface area contributed by atoms with Crippen LogP contribution in [-0.2, 0) is 40.0 Å². The molecule has 0 spiro atoms. The van der Waals surface area contributed by atoms with E-state index in [2.05, 4.69) is 0 Å². The summed E-state index contributed by atoms with van der Waals surface area (Å²) in [5, 5.41) is -15.2. The zero-order chi connectivity index (χ0) is 31.5. The molecule has 40 heavy (non-hydrogen) atoms. The highest BCUT2D eigenvalue weighted by atomic mass is 32.3. The van der Waals surface area contributed by atoms with Gasteiger partial charge in [-0.25, -0.2) is 34.0 Å². The topological polar surface area (TPSA) is 169 Å². The van der Waals surface area contributed by atoms with Crippen molar-refractivity contribution in [1.29, 1.82) is 0 Å². The number of sulfonamides is 2. The van der Waals surface area contributed by atoms with Crippen LogP contribution in [0.3, 0.4) is 0 Å². The van der Waals surface area contributed by atoms with Crippen molar-refractivity contribution in [2.45, 2.75) is 37.0 Å². The molecule has 0 bridgehead atoms. The predicted molar refractivity (Wildman–Crippen MR) is 109 cm³/mol. The van der Waals surface area contributed by atoms with Crippen LogP contribution in [0, 0.1) is 11.6 Å². The summed E-state index contributed by atoms with van der Waals surface area (Å²) in [6.45, 7) is 0. The second-order valence-corrected chi connectivity index (χ2v) is 14.3. The number of rotatable bonds is 10. The monoisotopic (exact) mass is 677 g/mol. The minimum absolute atomic E-state index is 0.0871. The van der Waals surface area contributed by atoms with Gasteiger partial charge in [0.2, 0.25) is 0 Å². The first kappa shape index (κ1) is 33.7. The maximum Gasteiger partial charge on any atom is 0.428 e. The molecule has 0 unspecified atom stereocenters. The Labute approximate surface area is 217 Å². The molecule has 0 heterocycles. The maximum atomic E-state index is 14.3. The van der Waals surface area contributed by atoms with Crippen LogP contribution < -0.4 is 4.13 Å². The van der Waals surface area contributed by atoms with Gasteiger partial charge in [0.15, 0.2) is 0 Å². The van der Waals surface area contributed by atoms with Crippen LogP contribution in [0.15, 0.2) is 57.2 Å². The van der Waals surface area contributed by atoms with E-state index < -0.39 is 101 Å². The van der Waals surface area contributed by atoms with E-state index in [0.29, 0.717) is 12.1 Å². The van der Waals surface area contributed by atoms with E-state index >= 15 is 0 Å². The summed E-state index contributed by atoms with van der Waals surface area (Å²) < 4.78 is 244. The number of nitrogens with one attached hydrogen (secondary N) is 1. The fraction of sp³-hybridized carbons (Fsp3) is 0.250. The lowest BCUT2D eigenvalue weighted by molar-refractivity contribution is -0.325. The van der Waals surface area contributed by atoms with Gasteiger partial charge >= 0.3 is 22.4 Å². The molecule has 0 aliphatic heterocycles. The summed E-state index contributed by atoms with van der Waals surface area (Å²) in [7, 11) is -27.4. The van der Waals surface area contributed by atoms with Gasteiger partial charge < -0.3 is 0 Å². The first-order valence-electron chi connectivity index (χ1n) is 9.15. The molecule has 10 nitrogen and oxygen atoms in total. The number of hydrogen-bond acceptors (Lipinski definition) is 8. The first-order valence-corrected chi connectivity index (χ1v) is 15.0. The van der Waals surface area contributed by atoms with Gasteiger partial charge in [0.05, 0.1) is 0 Å². The molecule has 0 atom stereocenters. The van der Waals surface area contributed by atoms with Crippen molar-refractivity contribution < 1.29 is 82.1 Å². The molecule has 2 rings (SSSR count). The number of sulfone groups is 1. The van der Waals surface area contributed by atoms with Crippen molar-refractivity contribution in [3.8, 4) is 0 Å². The Morgan fingerprint density at radius 1 is 0.625 bits per heavy atom. The molecule has 2 aromatic rings. The highest BCUT2D eigenvalue weighted by Crippen LogP contribution is 2.56. The minimum atomic E-state index is -8.04. The average Bonchev–Trinajstić information content (AvgIpc) is 2.77. The highest BCUT2D eigenvalue weighted by Gasteiger charge is 2.87. The molecular weight excluding hydrogens is 668 g/mol. The largest absolute Gasteiger partial charge is 0.428 e. The lowest BCUT2D eigenvalue weighted by Crippen LogP contribution is -2.67. The van der Waals surface area contributed by atoms with Gasteiger partial charge in [-0.15, -0.1) is 0 Å². The molecule has 0 saturated heterocycles. The van der Waals surface area contributed by atoms with Gasteiger partial charge in [-0.1, -0.05) is 16.3 Å². The van der Waals surface area contributed by atoms with E-state index in [4.69, 9.17) is 4.55 Å². The summed E-state index contributed by atoms with van der Waals surface area (Å²) in [4.78, 5) is -6.30.